The van der Waals surface area contributed by atoms with Crippen LogP contribution in [0.3, 0.4) is 0 Å². The van der Waals surface area contributed by atoms with E-state index in [-0.39, 0.29) is 64.1 Å². The van der Waals surface area contributed by atoms with E-state index in [1.165, 1.54) is 12.3 Å². The van der Waals surface area contributed by atoms with Gasteiger partial charge in [-0.15, -0.1) is 0 Å². The van der Waals surface area contributed by atoms with E-state index in [0.717, 1.165) is 4.57 Å². The predicted octanol–water partition coefficient (Wildman–Crippen LogP) is 3.90. The van der Waals surface area contributed by atoms with Gasteiger partial charge in [-0.3, -0.25) is 28.0 Å². The number of hydrogen-bond donors (Lipinski definition) is 12. The number of alkyl carbamates (subject to hydrolysis) is 3. The van der Waals surface area contributed by atoms with E-state index in [1.807, 2.05) is 0 Å². The van der Waals surface area contributed by atoms with Gasteiger partial charge in [-0.1, -0.05) is 12.8 Å². The van der Waals surface area contributed by atoms with E-state index in [1.54, 1.807) is 62.3 Å². The second kappa shape index (κ2) is 35.0. The van der Waals surface area contributed by atoms with Crippen LogP contribution in [-0.4, -0.2) is 152 Å². The second-order valence-corrected chi connectivity index (χ2v) is 27.0. The lowest BCUT2D eigenvalue weighted by atomic mass is 10.0. The fourth-order valence-electron chi connectivity index (χ4n) is 7.44. The molecule has 478 valence electrons. The van der Waals surface area contributed by atoms with Crippen LogP contribution in [0.4, 0.5) is 20.2 Å². The highest BCUT2D eigenvalue weighted by Gasteiger charge is 2.44. The van der Waals surface area contributed by atoms with Crippen LogP contribution in [0.5, 0.6) is 0 Å². The van der Waals surface area contributed by atoms with E-state index in [4.69, 9.17) is 34.9 Å². The number of phosphoric ester groups is 2. The number of rotatable bonds is 36. The summed E-state index contributed by atoms with van der Waals surface area (Å²) in [5, 5.41) is 26.5. The van der Waals surface area contributed by atoms with Crippen LogP contribution >= 0.6 is 23.5 Å². The molecule has 0 aliphatic carbocycles. The highest BCUT2D eigenvalue weighted by Crippen LogP contribution is 2.67. The van der Waals surface area contributed by atoms with Crippen LogP contribution in [0.25, 0.3) is 0 Å². The van der Waals surface area contributed by atoms with Gasteiger partial charge < -0.3 is 82.1 Å². The molecule has 0 spiro atoms. The van der Waals surface area contributed by atoms with Crippen molar-refractivity contribution in [2.45, 2.75) is 206 Å². The molecule has 32 nitrogen and oxygen atoms in total. The molecule has 6 amide bonds. The van der Waals surface area contributed by atoms with Crippen molar-refractivity contribution in [3.8, 4) is 0 Å². The molecule has 7 unspecified atom stereocenters. The molecule has 0 radical (unpaired) electrons. The van der Waals surface area contributed by atoms with E-state index >= 15 is 0 Å². The largest absolute Gasteiger partial charge is 0.490 e. The fourth-order valence-corrected chi connectivity index (χ4v) is 11.0. The Morgan fingerprint density at radius 1 is 0.639 bits per heavy atom. The van der Waals surface area contributed by atoms with Crippen LogP contribution in [0.1, 0.15) is 158 Å². The van der Waals surface area contributed by atoms with Gasteiger partial charge in [-0.05, 0) is 139 Å². The Bertz CT molecular complexity index is 2460. The van der Waals surface area contributed by atoms with E-state index in [0.29, 0.717) is 57.8 Å². The highest BCUT2D eigenvalue weighted by atomic mass is 31.3. The molecule has 2 rings (SSSR count). The van der Waals surface area contributed by atoms with Gasteiger partial charge in [0, 0.05) is 38.8 Å². The molecular formula is C48H89N10O22P3. The third-order valence-corrected chi connectivity index (χ3v) is 15.5. The first-order chi connectivity index (χ1) is 38.3. The number of ether oxygens (including phenoxy) is 4. The number of nitrogens with two attached hydrogens (primary N) is 2. The van der Waals surface area contributed by atoms with Crippen molar-refractivity contribution < 1.29 is 98.9 Å². The first kappa shape index (κ1) is 74.3. The first-order valence-corrected chi connectivity index (χ1v) is 31.8. The van der Waals surface area contributed by atoms with Crippen LogP contribution in [-0.2, 0) is 64.7 Å². The molecule has 1 aromatic heterocycles. The second-order valence-electron chi connectivity index (χ2n) is 22.4. The minimum atomic E-state index is -5.83. The molecule has 0 saturated carbocycles. The fraction of sp³-hybridized carbons (Fsp3) is 0.792. The lowest BCUT2D eigenvalue weighted by molar-refractivity contribution is -0.132. The Morgan fingerprint density at radius 3 is 1.57 bits per heavy atom. The summed E-state index contributed by atoms with van der Waals surface area (Å²) in [5.41, 5.74) is 8.78. The van der Waals surface area contributed by atoms with Gasteiger partial charge in [0.05, 0.1) is 25.4 Å². The van der Waals surface area contributed by atoms with Crippen molar-refractivity contribution in [3.63, 3.8) is 0 Å². The Labute approximate surface area is 483 Å². The Kier molecular flexibility index (Phi) is 31.3. The van der Waals surface area contributed by atoms with Crippen molar-refractivity contribution in [2.24, 2.45) is 5.73 Å². The van der Waals surface area contributed by atoms with Crippen LogP contribution in [0.2, 0.25) is 0 Å². The number of aliphatic hydroxyl groups excluding tert-OH is 1. The maximum absolute atomic E-state index is 14.0. The summed E-state index contributed by atoms with van der Waals surface area (Å²) in [6, 6.07) is -2.03. The van der Waals surface area contributed by atoms with Gasteiger partial charge >= 0.3 is 47.4 Å². The van der Waals surface area contributed by atoms with Gasteiger partial charge in [-0.25, -0.2) is 32.9 Å². The molecule has 1 aliphatic heterocycles. The number of carbonyl (C=O) groups excluding carboxylic acids is 6. The monoisotopic (exact) mass is 1250 g/mol. The smallest absolute Gasteiger partial charge is 0.444 e. The predicted molar refractivity (Wildman–Crippen MR) is 299 cm³/mol. The molecule has 83 heavy (non-hydrogen) atoms. The van der Waals surface area contributed by atoms with Crippen molar-refractivity contribution in [3.05, 3.63) is 22.7 Å². The molecule has 1 fully saturated rings. The SMILES string of the molecule is CC(C)(C)OC(=O)NCCCCC(N)C(=O)NC(CCCCNC(=O)OC(C)(C)C)C(=O)NC(CCCCNC(=O)OC(C)(C)C)C(=O)NCCCCCCOP(=O)(O)OP(=O)(O)OP(=O)(O)OC[C@H]1O[C@@H](n2ccc(N)nc2=O)CC1O. The molecule has 35 heteroatoms. The highest BCUT2D eigenvalue weighted by molar-refractivity contribution is 7.66. The van der Waals surface area contributed by atoms with Gasteiger partial charge in [0.1, 0.15) is 47.0 Å². The Balaban J connectivity index is 1.99. The number of nitrogen functional groups attached to an aromatic ring is 1. The summed E-state index contributed by atoms with van der Waals surface area (Å²) in [6.07, 6.45) is -0.602. The molecule has 1 aliphatic rings. The summed E-state index contributed by atoms with van der Waals surface area (Å²) in [5.74, 6) is -1.96. The van der Waals surface area contributed by atoms with Gasteiger partial charge in [0.25, 0.3) is 0 Å². The summed E-state index contributed by atoms with van der Waals surface area (Å²) in [4.78, 5) is 123. The van der Waals surface area contributed by atoms with Crippen molar-refractivity contribution >= 4 is 65.3 Å². The van der Waals surface area contributed by atoms with Crippen LogP contribution in [0.15, 0.2) is 17.1 Å². The normalized spacial score (nSPS) is 18.8. The zero-order valence-corrected chi connectivity index (χ0v) is 51.5. The Hall–Kier alpha value is -4.81. The van der Waals surface area contributed by atoms with E-state index in [2.05, 4.69) is 50.0 Å². The number of aliphatic hydroxyl groups is 1. The molecule has 0 aromatic carbocycles. The number of nitrogens with one attached hydrogen (secondary N) is 6. The maximum atomic E-state index is 14.0. The summed E-state index contributed by atoms with van der Waals surface area (Å²) in [6.45, 7) is 14.8. The zero-order valence-electron chi connectivity index (χ0n) is 48.8. The van der Waals surface area contributed by atoms with Crippen molar-refractivity contribution in [2.75, 3.05) is 45.1 Å². The lowest BCUT2D eigenvalue weighted by Crippen LogP contribution is -2.55. The van der Waals surface area contributed by atoms with Crippen molar-refractivity contribution in [1.82, 2.24) is 41.5 Å². The third kappa shape index (κ3) is 34.1. The molecule has 2 heterocycles. The number of nitrogens with zero attached hydrogens (tertiary/aromatic N) is 2. The number of unbranched alkanes of at least 4 members (excludes halogenated alkanes) is 6. The third-order valence-electron chi connectivity index (χ3n) is 11.2. The zero-order chi connectivity index (χ0) is 62.8. The topological polar surface area (TPSA) is 468 Å². The number of hydrogen-bond acceptors (Lipinski definition) is 22. The molecule has 0 bridgehead atoms. The minimum Gasteiger partial charge on any atom is -0.444 e. The first-order valence-electron chi connectivity index (χ1n) is 27.3. The molecule has 1 saturated heterocycles. The van der Waals surface area contributed by atoms with Gasteiger partial charge in [0.15, 0.2) is 0 Å². The molecule has 1 aromatic rings. The van der Waals surface area contributed by atoms with Crippen molar-refractivity contribution in [1.29, 1.82) is 0 Å². The van der Waals surface area contributed by atoms with Gasteiger partial charge in [-0.2, -0.15) is 13.6 Å². The lowest BCUT2D eigenvalue weighted by Gasteiger charge is -2.25. The number of anilines is 1. The molecule has 9 atom stereocenters. The van der Waals surface area contributed by atoms with Gasteiger partial charge in [0.2, 0.25) is 17.7 Å². The Morgan fingerprint density at radius 2 is 1.07 bits per heavy atom. The summed E-state index contributed by atoms with van der Waals surface area (Å²) < 4.78 is 77.3. The van der Waals surface area contributed by atoms with E-state index in [9.17, 15) is 67.0 Å². The van der Waals surface area contributed by atoms with Crippen LogP contribution in [0, 0.1) is 0 Å². The standard InChI is InChI=1S/C48H89N10O22P3/c1-46(2,3)76-43(64)52-25-16-12-20-32(49)39(60)55-34(22-14-18-27-54-45(66)78-48(7,8)9)41(62)56-33(21-13-17-26-53-44(65)77-47(4,5)6)40(61)51-24-15-10-11-19-29-73-81(67,68)79-83(71,72)80-82(69,70)74-31-36-35(59)30-38(75-36)58-28-23-37(50)57-42(58)63/h23,28,32-36,38,59H,10-22,24-27,29-31,49H2,1-9H3,(H,51,61)(H,52,64)(H,53,65)(H,54,66)(H,55,60)(H,56,62)(H,67,68)(H,69,70)(H,71,72)(H2,50,57,63)/t32?,33?,34?,35?,36-,38-/m1/s1. The average molecular weight is 1250 g/mol. The number of carbonyl (C=O) groups is 6. The summed E-state index contributed by atoms with van der Waals surface area (Å²) in [7, 11) is -16.8. The number of amides is 6. The quantitative estimate of drug-likeness (QED) is 0.0257. The maximum Gasteiger partial charge on any atom is 0.490 e. The number of aromatic nitrogens is 2. The summed E-state index contributed by atoms with van der Waals surface area (Å²) >= 11 is 0. The minimum absolute atomic E-state index is 0.0718. The van der Waals surface area contributed by atoms with E-state index < -0.39 is 132 Å². The average Bonchev–Trinajstić information content (AvgIpc) is 4.02. The number of phosphoric acid groups is 3. The van der Waals surface area contributed by atoms with Crippen LogP contribution < -0.4 is 49.1 Å². The molecular weight excluding hydrogens is 1160 g/mol. The molecule has 14 N–H and O–H groups in total.